The molecule has 0 aromatic heterocycles. The number of nitro benzene ring substituents is 1. The van der Waals surface area contributed by atoms with Crippen LogP contribution in [-0.4, -0.2) is 59.8 Å². The summed E-state index contributed by atoms with van der Waals surface area (Å²) in [4.78, 5) is 37.1. The van der Waals surface area contributed by atoms with Crippen LogP contribution in [0.2, 0.25) is 0 Å². The van der Waals surface area contributed by atoms with E-state index in [4.69, 9.17) is 4.74 Å². The van der Waals surface area contributed by atoms with Gasteiger partial charge in [-0.2, -0.15) is 0 Å². The van der Waals surface area contributed by atoms with Gasteiger partial charge in [-0.25, -0.2) is 0 Å². The molecule has 2 rings (SSSR count). The smallest absolute Gasteiger partial charge is 0.273 e. The number of amides is 2. The third-order valence-corrected chi connectivity index (χ3v) is 3.65. The van der Waals surface area contributed by atoms with Gasteiger partial charge in [0.25, 0.3) is 11.6 Å². The molecule has 1 fully saturated rings. The number of hydrogen-bond donors (Lipinski definition) is 0. The zero-order valence-corrected chi connectivity index (χ0v) is 12.9. The maximum Gasteiger partial charge on any atom is 0.273 e. The third-order valence-electron chi connectivity index (χ3n) is 3.65. The van der Waals surface area contributed by atoms with Crippen LogP contribution < -0.4 is 4.74 Å². The summed E-state index contributed by atoms with van der Waals surface area (Å²) in [5.41, 5.74) is -0.104. The van der Waals surface area contributed by atoms with Crippen LogP contribution in [0, 0.1) is 10.1 Å². The summed E-state index contributed by atoms with van der Waals surface area (Å²) in [6.45, 7) is 1.22. The lowest BCUT2D eigenvalue weighted by Crippen LogP contribution is -2.41. The molecule has 0 N–H and O–H groups in total. The molecule has 0 atom stereocenters. The molecule has 0 saturated carbocycles. The molecular formula is C15H19N3O5. The summed E-state index contributed by atoms with van der Waals surface area (Å²) in [5.74, 6) is -0.190. The number of likely N-dealkylation sites (N-methyl/N-ethyl adjacent to an activating group) is 1. The number of non-ortho nitro benzene ring substituents is 1. The first-order chi connectivity index (χ1) is 11.0. The summed E-state index contributed by atoms with van der Waals surface area (Å²) in [5, 5.41) is 10.7. The minimum Gasteiger partial charge on any atom is -0.484 e. The predicted molar refractivity (Wildman–Crippen MR) is 82.0 cm³/mol. The first-order valence-corrected chi connectivity index (χ1v) is 7.36. The lowest BCUT2D eigenvalue weighted by atomic mass is 10.3. The van der Waals surface area contributed by atoms with E-state index in [2.05, 4.69) is 0 Å². The molecule has 1 aromatic rings. The van der Waals surface area contributed by atoms with Crippen LogP contribution in [-0.2, 0) is 9.59 Å². The van der Waals surface area contributed by atoms with Crippen LogP contribution in [0.3, 0.4) is 0 Å². The van der Waals surface area contributed by atoms with Gasteiger partial charge in [0, 0.05) is 26.2 Å². The van der Waals surface area contributed by atoms with Crippen molar-refractivity contribution in [2.45, 2.75) is 12.8 Å². The number of carbonyl (C=O) groups excluding carboxylic acids is 2. The van der Waals surface area contributed by atoms with Crippen molar-refractivity contribution in [2.75, 3.05) is 33.3 Å². The predicted octanol–water partition coefficient (Wildman–Crippen LogP) is 1.05. The topological polar surface area (TPSA) is 93.0 Å². The lowest BCUT2D eigenvalue weighted by Gasteiger charge is -2.21. The van der Waals surface area contributed by atoms with Crippen LogP contribution in [0.1, 0.15) is 12.8 Å². The van der Waals surface area contributed by atoms with E-state index in [0.717, 1.165) is 25.9 Å². The summed E-state index contributed by atoms with van der Waals surface area (Å²) in [6.07, 6.45) is 2.00. The van der Waals surface area contributed by atoms with Crippen molar-refractivity contribution >= 4 is 17.5 Å². The van der Waals surface area contributed by atoms with E-state index < -0.39 is 4.92 Å². The highest BCUT2D eigenvalue weighted by molar-refractivity contribution is 5.85. The molecule has 0 radical (unpaired) electrons. The molecule has 1 aliphatic rings. The van der Waals surface area contributed by atoms with Gasteiger partial charge in [0.05, 0.1) is 17.5 Å². The van der Waals surface area contributed by atoms with E-state index in [1.165, 1.54) is 36.2 Å². The average molecular weight is 321 g/mol. The average Bonchev–Trinajstić information content (AvgIpc) is 3.07. The summed E-state index contributed by atoms with van der Waals surface area (Å²) >= 11 is 0. The number of carbonyl (C=O) groups is 2. The van der Waals surface area contributed by atoms with Crippen molar-refractivity contribution in [1.29, 1.82) is 0 Å². The van der Waals surface area contributed by atoms with Gasteiger partial charge in [0.2, 0.25) is 5.91 Å². The molecule has 0 spiro atoms. The molecule has 124 valence electrons. The fraction of sp³-hybridized carbons (Fsp3) is 0.467. The SMILES string of the molecule is CN(CC(=O)N1CCCC1)C(=O)COc1cccc([N+](=O)[O-])c1. The Hall–Kier alpha value is -2.64. The van der Waals surface area contributed by atoms with Gasteiger partial charge in [-0.3, -0.25) is 19.7 Å². The Morgan fingerprint density at radius 3 is 2.70 bits per heavy atom. The molecule has 1 heterocycles. The largest absolute Gasteiger partial charge is 0.484 e. The fourth-order valence-corrected chi connectivity index (χ4v) is 2.30. The number of nitro groups is 1. The number of ether oxygens (including phenoxy) is 1. The molecule has 1 aliphatic heterocycles. The highest BCUT2D eigenvalue weighted by Crippen LogP contribution is 2.19. The van der Waals surface area contributed by atoms with Crippen LogP contribution in [0.5, 0.6) is 5.75 Å². The first-order valence-electron chi connectivity index (χ1n) is 7.36. The molecular weight excluding hydrogens is 302 g/mol. The zero-order valence-electron chi connectivity index (χ0n) is 12.9. The van der Waals surface area contributed by atoms with Gasteiger partial charge in [0.1, 0.15) is 5.75 Å². The maximum atomic E-state index is 12.0. The van der Waals surface area contributed by atoms with Crippen molar-refractivity contribution in [3.05, 3.63) is 34.4 Å². The summed E-state index contributed by atoms with van der Waals surface area (Å²) < 4.78 is 5.27. The Labute approximate surface area is 133 Å². The van der Waals surface area contributed by atoms with Crippen molar-refractivity contribution in [2.24, 2.45) is 0 Å². The van der Waals surface area contributed by atoms with Crippen molar-refractivity contribution in [1.82, 2.24) is 9.80 Å². The second kappa shape index (κ2) is 7.57. The molecule has 2 amide bonds. The Morgan fingerprint density at radius 1 is 1.35 bits per heavy atom. The van der Waals surface area contributed by atoms with Gasteiger partial charge in [-0.05, 0) is 18.9 Å². The fourth-order valence-electron chi connectivity index (χ4n) is 2.30. The van der Waals surface area contributed by atoms with E-state index in [9.17, 15) is 19.7 Å². The van der Waals surface area contributed by atoms with E-state index in [1.54, 1.807) is 4.90 Å². The van der Waals surface area contributed by atoms with Crippen molar-refractivity contribution in [3.8, 4) is 5.75 Å². The monoisotopic (exact) mass is 321 g/mol. The molecule has 0 aliphatic carbocycles. The third kappa shape index (κ3) is 4.67. The number of hydrogen-bond acceptors (Lipinski definition) is 5. The molecule has 0 unspecified atom stereocenters. The first kappa shape index (κ1) is 16.7. The Balaban J connectivity index is 1.82. The normalized spacial score (nSPS) is 13.7. The molecule has 0 bridgehead atoms. The molecule has 8 heteroatoms. The number of rotatable bonds is 6. The number of likely N-dealkylation sites (tertiary alicyclic amines) is 1. The van der Waals surface area contributed by atoms with Gasteiger partial charge < -0.3 is 14.5 Å². The van der Waals surface area contributed by atoms with Crippen LogP contribution in [0.4, 0.5) is 5.69 Å². The Kier molecular flexibility index (Phi) is 5.51. The quantitative estimate of drug-likeness (QED) is 0.577. The summed E-state index contributed by atoms with van der Waals surface area (Å²) in [6, 6.07) is 5.62. The van der Waals surface area contributed by atoms with E-state index in [-0.39, 0.29) is 36.4 Å². The molecule has 1 aromatic carbocycles. The number of nitrogens with zero attached hydrogens (tertiary/aromatic N) is 3. The molecule has 1 saturated heterocycles. The summed E-state index contributed by atoms with van der Waals surface area (Å²) in [7, 11) is 1.53. The van der Waals surface area contributed by atoms with Crippen LogP contribution >= 0.6 is 0 Å². The van der Waals surface area contributed by atoms with Gasteiger partial charge >= 0.3 is 0 Å². The molecule has 8 nitrogen and oxygen atoms in total. The Morgan fingerprint density at radius 2 is 2.04 bits per heavy atom. The Bertz CT molecular complexity index is 599. The van der Waals surface area contributed by atoms with Gasteiger partial charge in [-0.1, -0.05) is 6.07 Å². The lowest BCUT2D eigenvalue weighted by molar-refractivity contribution is -0.384. The maximum absolute atomic E-state index is 12.0. The van der Waals surface area contributed by atoms with E-state index >= 15 is 0 Å². The second-order valence-electron chi connectivity index (χ2n) is 5.38. The van der Waals surface area contributed by atoms with Gasteiger partial charge in [0.15, 0.2) is 6.61 Å². The minimum absolute atomic E-state index is 0.0110. The standard InChI is InChI=1S/C15H19N3O5/c1-16(10-14(19)17-7-2-3-8-17)15(20)11-23-13-6-4-5-12(9-13)18(21)22/h4-6,9H,2-3,7-8,10-11H2,1H3. The van der Waals surface area contributed by atoms with Crippen LogP contribution in [0.25, 0.3) is 0 Å². The zero-order chi connectivity index (χ0) is 16.8. The highest BCUT2D eigenvalue weighted by atomic mass is 16.6. The minimum atomic E-state index is -0.532. The second-order valence-corrected chi connectivity index (χ2v) is 5.38. The van der Waals surface area contributed by atoms with Gasteiger partial charge in [-0.15, -0.1) is 0 Å². The number of benzene rings is 1. The molecule has 23 heavy (non-hydrogen) atoms. The van der Waals surface area contributed by atoms with Crippen molar-refractivity contribution < 1.29 is 19.2 Å². The van der Waals surface area contributed by atoms with Crippen molar-refractivity contribution in [3.63, 3.8) is 0 Å². The highest BCUT2D eigenvalue weighted by Gasteiger charge is 2.21. The van der Waals surface area contributed by atoms with E-state index in [0.29, 0.717) is 0 Å². The van der Waals surface area contributed by atoms with Crippen LogP contribution in [0.15, 0.2) is 24.3 Å². The van der Waals surface area contributed by atoms with E-state index in [1.807, 2.05) is 0 Å².